The van der Waals surface area contributed by atoms with E-state index in [-0.39, 0.29) is 0 Å². The predicted octanol–water partition coefficient (Wildman–Crippen LogP) is 3.55. The summed E-state index contributed by atoms with van der Waals surface area (Å²) in [6, 6.07) is 14.6. The van der Waals surface area contributed by atoms with E-state index in [1.54, 1.807) is 0 Å². The maximum Gasteiger partial charge on any atom is 0.136 e. The van der Waals surface area contributed by atoms with Crippen LogP contribution < -0.4 is 11.1 Å². The first kappa shape index (κ1) is 15.6. The number of aryl methyl sites for hydroxylation is 1. The van der Waals surface area contributed by atoms with E-state index >= 15 is 0 Å². The van der Waals surface area contributed by atoms with Gasteiger partial charge < -0.3 is 15.6 Å². The largest absolute Gasteiger partial charge is 0.369 e. The number of anilines is 1. The number of pyridine rings is 2. The second kappa shape index (κ2) is 6.53. The zero-order chi connectivity index (χ0) is 17.2. The maximum atomic E-state index is 5.61. The van der Waals surface area contributed by atoms with E-state index in [0.29, 0.717) is 6.54 Å². The van der Waals surface area contributed by atoms with Gasteiger partial charge in [-0.1, -0.05) is 6.07 Å². The minimum atomic E-state index is 0.660. The number of benzene rings is 1. The fraction of sp³-hybridized carbons (Fsp3) is 0.200. The molecular weight excluding hydrogens is 310 g/mol. The molecule has 25 heavy (non-hydrogen) atoms. The lowest BCUT2D eigenvalue weighted by molar-refractivity contribution is 0.871. The summed E-state index contributed by atoms with van der Waals surface area (Å²) >= 11 is 0. The van der Waals surface area contributed by atoms with E-state index in [1.165, 1.54) is 10.9 Å². The maximum absolute atomic E-state index is 5.61. The van der Waals surface area contributed by atoms with Crippen molar-refractivity contribution in [3.05, 3.63) is 54.9 Å². The fourth-order valence-corrected chi connectivity index (χ4v) is 3.11. The van der Waals surface area contributed by atoms with Gasteiger partial charge in [-0.05, 0) is 49.4 Å². The molecule has 0 aliphatic carbocycles. The zero-order valence-electron chi connectivity index (χ0n) is 14.2. The molecule has 0 aliphatic rings. The molecule has 3 aromatic heterocycles. The lowest BCUT2D eigenvalue weighted by atomic mass is 10.1. The van der Waals surface area contributed by atoms with Crippen LogP contribution in [0.3, 0.4) is 0 Å². The molecule has 0 amide bonds. The Bertz CT molecular complexity index is 1030. The topological polar surface area (TPSA) is 68.8 Å². The molecule has 0 spiro atoms. The van der Waals surface area contributed by atoms with Gasteiger partial charge in [0.2, 0.25) is 0 Å². The van der Waals surface area contributed by atoms with Crippen molar-refractivity contribution < 1.29 is 0 Å². The van der Waals surface area contributed by atoms with Gasteiger partial charge in [-0.25, -0.2) is 4.98 Å². The summed E-state index contributed by atoms with van der Waals surface area (Å²) in [5, 5.41) is 5.65. The van der Waals surface area contributed by atoms with Gasteiger partial charge in [0.05, 0.1) is 11.2 Å². The van der Waals surface area contributed by atoms with E-state index in [4.69, 9.17) is 10.7 Å². The smallest absolute Gasteiger partial charge is 0.136 e. The molecule has 126 valence electrons. The number of hydrogen-bond acceptors (Lipinski definition) is 4. The Kier molecular flexibility index (Phi) is 4.07. The lowest BCUT2D eigenvalue weighted by Crippen LogP contribution is -2.10. The van der Waals surface area contributed by atoms with E-state index in [2.05, 4.69) is 52.4 Å². The van der Waals surface area contributed by atoms with Crippen LogP contribution in [0.25, 0.3) is 33.1 Å². The van der Waals surface area contributed by atoms with Crippen LogP contribution in [0.15, 0.2) is 54.9 Å². The highest BCUT2D eigenvalue weighted by atomic mass is 15.0. The molecule has 0 radical (unpaired) electrons. The monoisotopic (exact) mass is 331 g/mol. The van der Waals surface area contributed by atoms with Crippen molar-refractivity contribution in [2.24, 2.45) is 12.8 Å². The number of nitrogens with two attached hydrogens (primary N) is 1. The third kappa shape index (κ3) is 2.94. The van der Waals surface area contributed by atoms with E-state index < -0.39 is 0 Å². The second-order valence-corrected chi connectivity index (χ2v) is 6.20. The molecule has 5 heteroatoms. The molecule has 0 atom stereocenters. The van der Waals surface area contributed by atoms with Crippen molar-refractivity contribution in [2.75, 3.05) is 18.4 Å². The summed E-state index contributed by atoms with van der Waals surface area (Å²) in [6.07, 6.45) is 4.80. The summed E-state index contributed by atoms with van der Waals surface area (Å²) in [7, 11) is 2.06. The average molecular weight is 331 g/mol. The Morgan fingerprint density at radius 2 is 2.08 bits per heavy atom. The highest BCUT2D eigenvalue weighted by Gasteiger charge is 2.09. The molecule has 0 unspecified atom stereocenters. The van der Waals surface area contributed by atoms with E-state index in [9.17, 15) is 0 Å². The Labute approximate surface area is 146 Å². The molecule has 5 nitrogen and oxygen atoms in total. The van der Waals surface area contributed by atoms with Crippen LogP contribution in [0.4, 0.5) is 5.82 Å². The van der Waals surface area contributed by atoms with Crippen LogP contribution in [0.5, 0.6) is 0 Å². The van der Waals surface area contributed by atoms with Gasteiger partial charge in [-0.2, -0.15) is 0 Å². The number of rotatable bonds is 5. The molecule has 3 N–H and O–H groups in total. The van der Waals surface area contributed by atoms with Crippen molar-refractivity contribution in [1.29, 1.82) is 0 Å². The first-order chi connectivity index (χ1) is 12.3. The van der Waals surface area contributed by atoms with Gasteiger partial charge in [0.25, 0.3) is 0 Å². The predicted molar refractivity (Wildman–Crippen MR) is 104 cm³/mol. The van der Waals surface area contributed by atoms with Crippen LogP contribution in [-0.4, -0.2) is 27.6 Å². The van der Waals surface area contributed by atoms with Crippen LogP contribution in [0.1, 0.15) is 6.42 Å². The zero-order valence-corrected chi connectivity index (χ0v) is 14.2. The minimum absolute atomic E-state index is 0.660. The Hall–Kier alpha value is -2.92. The molecule has 4 rings (SSSR count). The first-order valence-corrected chi connectivity index (χ1v) is 8.51. The van der Waals surface area contributed by atoms with Crippen molar-refractivity contribution in [1.82, 2.24) is 14.5 Å². The van der Waals surface area contributed by atoms with E-state index in [0.717, 1.165) is 40.9 Å². The molecule has 0 saturated carbocycles. The van der Waals surface area contributed by atoms with Crippen LogP contribution in [0, 0.1) is 0 Å². The van der Waals surface area contributed by atoms with Crippen molar-refractivity contribution in [2.45, 2.75) is 6.42 Å². The quantitative estimate of drug-likeness (QED) is 0.549. The van der Waals surface area contributed by atoms with Gasteiger partial charge >= 0.3 is 0 Å². The number of nitrogens with one attached hydrogen (secondary N) is 1. The highest BCUT2D eigenvalue weighted by molar-refractivity contribution is 5.93. The van der Waals surface area contributed by atoms with Crippen molar-refractivity contribution in [3.8, 4) is 11.3 Å². The molecule has 0 saturated heterocycles. The van der Waals surface area contributed by atoms with Gasteiger partial charge in [-0.15, -0.1) is 0 Å². The summed E-state index contributed by atoms with van der Waals surface area (Å²) in [5.74, 6) is 0.863. The van der Waals surface area contributed by atoms with Crippen molar-refractivity contribution in [3.63, 3.8) is 0 Å². The summed E-state index contributed by atoms with van der Waals surface area (Å²) in [4.78, 5) is 9.37. The van der Waals surface area contributed by atoms with Crippen LogP contribution in [0.2, 0.25) is 0 Å². The Morgan fingerprint density at radius 1 is 1.16 bits per heavy atom. The van der Waals surface area contributed by atoms with Gasteiger partial charge in [0, 0.05) is 47.8 Å². The summed E-state index contributed by atoms with van der Waals surface area (Å²) < 4.78 is 2.12. The molecule has 1 aromatic carbocycles. The molecule has 0 bridgehead atoms. The molecular formula is C20H21N5. The minimum Gasteiger partial charge on any atom is -0.369 e. The number of hydrogen-bond donors (Lipinski definition) is 2. The average Bonchev–Trinajstić information content (AvgIpc) is 3.02. The second-order valence-electron chi connectivity index (χ2n) is 6.20. The third-order valence-electron chi connectivity index (χ3n) is 4.45. The summed E-state index contributed by atoms with van der Waals surface area (Å²) in [5.41, 5.74) is 9.77. The third-order valence-corrected chi connectivity index (χ3v) is 4.45. The standard InChI is InChI=1S/C20H21N5/c1-25-11-7-15-12-14(5-6-19(15)25)17-13-18-16(4-2-9-22-18)20(24-17)23-10-3-8-21/h2,4-7,9,11-13H,3,8,10,21H2,1H3,(H,23,24). The summed E-state index contributed by atoms with van der Waals surface area (Å²) in [6.45, 7) is 1.46. The molecule has 0 fully saturated rings. The van der Waals surface area contributed by atoms with Crippen LogP contribution >= 0.6 is 0 Å². The Morgan fingerprint density at radius 3 is 2.96 bits per heavy atom. The van der Waals surface area contributed by atoms with Crippen molar-refractivity contribution >= 4 is 27.6 Å². The van der Waals surface area contributed by atoms with Crippen LogP contribution in [-0.2, 0) is 7.05 Å². The molecule has 3 heterocycles. The van der Waals surface area contributed by atoms with Gasteiger partial charge in [0.15, 0.2) is 0 Å². The number of aromatic nitrogens is 3. The fourth-order valence-electron chi connectivity index (χ4n) is 3.11. The number of fused-ring (bicyclic) bond motifs is 2. The van der Waals surface area contributed by atoms with E-state index in [1.807, 2.05) is 24.4 Å². The first-order valence-electron chi connectivity index (χ1n) is 8.51. The normalized spacial score (nSPS) is 11.3. The SMILES string of the molecule is Cn1ccc2cc(-c3cc4ncccc4c(NCCCN)n3)ccc21. The lowest BCUT2D eigenvalue weighted by Gasteiger charge is -2.11. The van der Waals surface area contributed by atoms with Gasteiger partial charge in [0.1, 0.15) is 5.82 Å². The molecule has 0 aliphatic heterocycles. The van der Waals surface area contributed by atoms with Gasteiger partial charge in [-0.3, -0.25) is 4.98 Å². The molecule has 4 aromatic rings. The Balaban J connectivity index is 1.82. The number of nitrogens with zero attached hydrogens (tertiary/aromatic N) is 3. The highest BCUT2D eigenvalue weighted by Crippen LogP contribution is 2.29.